The van der Waals surface area contributed by atoms with E-state index in [-0.39, 0.29) is 0 Å². The first kappa shape index (κ1) is 12.5. The minimum Gasteiger partial charge on any atom is -0.436 e. The zero-order valence-corrected chi connectivity index (χ0v) is 11.0. The third-order valence-corrected chi connectivity index (χ3v) is 3.29. The number of nitrogens with zero attached hydrogens (tertiary/aromatic N) is 2. The first-order valence-corrected chi connectivity index (χ1v) is 6.65. The molecule has 1 heterocycles. The topological polar surface area (TPSA) is 45.9 Å². The van der Waals surface area contributed by atoms with E-state index in [9.17, 15) is 0 Å². The number of ether oxygens (including phenoxy) is 1. The Kier molecular flexibility index (Phi) is 3.85. The molecular formula is C14H12N2OS. The Balaban J connectivity index is 2.41. The van der Waals surface area contributed by atoms with E-state index in [1.54, 1.807) is 24.0 Å². The summed E-state index contributed by atoms with van der Waals surface area (Å²) in [5.41, 5.74) is 1.34. The van der Waals surface area contributed by atoms with Crippen molar-refractivity contribution in [2.45, 2.75) is 11.8 Å². The SMILES string of the molecule is CSc1ccccc1Oc1nccc(C)c1C#N. The summed E-state index contributed by atoms with van der Waals surface area (Å²) in [4.78, 5) is 5.15. The molecule has 0 saturated heterocycles. The third-order valence-electron chi connectivity index (χ3n) is 2.51. The van der Waals surface area contributed by atoms with Crippen molar-refractivity contribution in [3.8, 4) is 17.7 Å². The van der Waals surface area contributed by atoms with Crippen LogP contribution in [0.25, 0.3) is 0 Å². The van der Waals surface area contributed by atoms with E-state index in [1.807, 2.05) is 37.4 Å². The molecule has 1 aromatic heterocycles. The fraction of sp³-hybridized carbons (Fsp3) is 0.143. The predicted octanol–water partition coefficient (Wildman–Crippen LogP) is 3.78. The van der Waals surface area contributed by atoms with Crippen molar-refractivity contribution in [1.29, 1.82) is 5.26 Å². The molecule has 18 heavy (non-hydrogen) atoms. The highest BCUT2D eigenvalue weighted by Crippen LogP contribution is 2.32. The minimum atomic E-state index is 0.360. The summed E-state index contributed by atoms with van der Waals surface area (Å²) in [6.45, 7) is 1.87. The number of pyridine rings is 1. The van der Waals surface area contributed by atoms with Crippen LogP contribution in [0.4, 0.5) is 0 Å². The van der Waals surface area contributed by atoms with E-state index in [0.29, 0.717) is 11.4 Å². The van der Waals surface area contributed by atoms with Gasteiger partial charge in [0.05, 0.1) is 0 Å². The summed E-state index contributed by atoms with van der Waals surface area (Å²) >= 11 is 1.60. The van der Waals surface area contributed by atoms with Crippen LogP contribution >= 0.6 is 11.8 Å². The smallest absolute Gasteiger partial charge is 0.237 e. The van der Waals surface area contributed by atoms with Gasteiger partial charge in [-0.15, -0.1) is 11.8 Å². The van der Waals surface area contributed by atoms with Crippen LogP contribution in [0.3, 0.4) is 0 Å². The van der Waals surface area contributed by atoms with Crippen LogP contribution in [-0.4, -0.2) is 11.2 Å². The second kappa shape index (κ2) is 5.56. The molecule has 0 spiro atoms. The maximum Gasteiger partial charge on any atom is 0.237 e. The highest BCUT2D eigenvalue weighted by atomic mass is 32.2. The Morgan fingerprint density at radius 1 is 1.28 bits per heavy atom. The third kappa shape index (κ3) is 2.47. The Labute approximate surface area is 110 Å². The summed E-state index contributed by atoms with van der Waals surface area (Å²) < 4.78 is 5.75. The number of nitriles is 1. The van der Waals surface area contributed by atoms with E-state index < -0.39 is 0 Å². The molecule has 0 bridgehead atoms. The molecule has 0 aliphatic heterocycles. The molecule has 3 nitrogen and oxygen atoms in total. The number of aromatic nitrogens is 1. The average molecular weight is 256 g/mol. The zero-order valence-electron chi connectivity index (χ0n) is 10.2. The van der Waals surface area contributed by atoms with Crippen LogP contribution in [0, 0.1) is 18.3 Å². The van der Waals surface area contributed by atoms with Gasteiger partial charge < -0.3 is 4.74 Å². The largest absolute Gasteiger partial charge is 0.436 e. The van der Waals surface area contributed by atoms with Crippen molar-refractivity contribution in [3.63, 3.8) is 0 Å². The molecule has 2 aromatic rings. The molecule has 90 valence electrons. The van der Waals surface area contributed by atoms with Crippen LogP contribution in [0.5, 0.6) is 11.6 Å². The number of aryl methyl sites for hydroxylation is 1. The highest BCUT2D eigenvalue weighted by molar-refractivity contribution is 7.98. The molecule has 0 saturated carbocycles. The first-order valence-electron chi connectivity index (χ1n) is 5.43. The molecule has 0 radical (unpaired) electrons. The molecule has 2 rings (SSSR count). The molecule has 0 aliphatic carbocycles. The van der Waals surface area contributed by atoms with Crippen molar-refractivity contribution >= 4 is 11.8 Å². The van der Waals surface area contributed by atoms with Crippen molar-refractivity contribution < 1.29 is 4.74 Å². The molecule has 0 fully saturated rings. The summed E-state index contributed by atoms with van der Waals surface area (Å²) in [5.74, 6) is 1.08. The van der Waals surface area contributed by atoms with Crippen molar-refractivity contribution in [2.24, 2.45) is 0 Å². The van der Waals surface area contributed by atoms with Gasteiger partial charge in [0.25, 0.3) is 0 Å². The van der Waals surface area contributed by atoms with Gasteiger partial charge in [-0.25, -0.2) is 4.98 Å². The van der Waals surface area contributed by atoms with Gasteiger partial charge in [-0.2, -0.15) is 5.26 Å². The number of benzene rings is 1. The average Bonchev–Trinajstić information content (AvgIpc) is 2.40. The summed E-state index contributed by atoms with van der Waals surface area (Å²) in [5, 5.41) is 9.13. The molecular weight excluding hydrogens is 244 g/mol. The number of hydrogen-bond acceptors (Lipinski definition) is 4. The van der Waals surface area contributed by atoms with Gasteiger partial charge in [0.15, 0.2) is 0 Å². The van der Waals surface area contributed by atoms with Crippen molar-refractivity contribution in [1.82, 2.24) is 4.98 Å². The zero-order chi connectivity index (χ0) is 13.0. The number of hydrogen-bond donors (Lipinski definition) is 0. The van der Waals surface area contributed by atoms with Crippen molar-refractivity contribution in [2.75, 3.05) is 6.26 Å². The fourth-order valence-corrected chi connectivity index (χ4v) is 2.08. The van der Waals surface area contributed by atoms with Crippen LogP contribution < -0.4 is 4.74 Å². The molecule has 1 aromatic carbocycles. The molecule has 0 aliphatic rings. The molecule has 4 heteroatoms. The van der Waals surface area contributed by atoms with Gasteiger partial charge in [-0.3, -0.25) is 0 Å². The van der Waals surface area contributed by atoms with Crippen molar-refractivity contribution in [3.05, 3.63) is 47.7 Å². The first-order chi connectivity index (χ1) is 8.76. The normalized spacial score (nSPS) is 9.83. The minimum absolute atomic E-state index is 0.360. The van der Waals surface area contributed by atoms with Gasteiger partial charge in [0.1, 0.15) is 17.4 Å². The predicted molar refractivity (Wildman–Crippen MR) is 72.0 cm³/mol. The maximum absolute atomic E-state index is 9.13. The van der Waals surface area contributed by atoms with Gasteiger partial charge >= 0.3 is 0 Å². The Bertz CT molecular complexity index is 605. The quantitative estimate of drug-likeness (QED) is 0.784. The molecule has 0 N–H and O–H groups in total. The van der Waals surface area contributed by atoms with Gasteiger partial charge in [0.2, 0.25) is 5.88 Å². The summed E-state index contributed by atoms with van der Waals surface area (Å²) in [6, 6.07) is 11.6. The lowest BCUT2D eigenvalue weighted by Gasteiger charge is -2.10. The van der Waals surface area contributed by atoms with E-state index in [0.717, 1.165) is 16.2 Å². The van der Waals surface area contributed by atoms with Gasteiger partial charge in [-0.1, -0.05) is 12.1 Å². The van der Waals surface area contributed by atoms with Crippen LogP contribution in [0.2, 0.25) is 0 Å². The Morgan fingerprint density at radius 3 is 2.78 bits per heavy atom. The fourth-order valence-electron chi connectivity index (χ4n) is 1.55. The van der Waals surface area contributed by atoms with Crippen LogP contribution in [-0.2, 0) is 0 Å². The lowest BCUT2D eigenvalue weighted by Crippen LogP contribution is -1.95. The number of thioether (sulfide) groups is 1. The second-order valence-corrected chi connectivity index (χ2v) is 4.52. The van der Waals surface area contributed by atoms with Gasteiger partial charge in [-0.05, 0) is 36.9 Å². The van der Waals surface area contributed by atoms with E-state index >= 15 is 0 Å². The summed E-state index contributed by atoms with van der Waals surface area (Å²) in [6.07, 6.45) is 3.63. The highest BCUT2D eigenvalue weighted by Gasteiger charge is 2.10. The molecule has 0 amide bonds. The molecule has 0 atom stereocenters. The lowest BCUT2D eigenvalue weighted by molar-refractivity contribution is 0.450. The van der Waals surface area contributed by atoms with E-state index in [2.05, 4.69) is 11.1 Å². The monoisotopic (exact) mass is 256 g/mol. The standard InChI is InChI=1S/C14H12N2OS/c1-10-7-8-16-14(11(10)9-15)17-12-5-3-4-6-13(12)18-2/h3-8H,1-2H3. The number of para-hydroxylation sites is 1. The van der Waals surface area contributed by atoms with Gasteiger partial charge in [0, 0.05) is 11.1 Å². The van der Waals surface area contributed by atoms with E-state index in [1.165, 1.54) is 0 Å². The number of rotatable bonds is 3. The molecule has 0 unspecified atom stereocenters. The van der Waals surface area contributed by atoms with Crippen LogP contribution in [0.1, 0.15) is 11.1 Å². The Hall–Kier alpha value is -1.99. The van der Waals surface area contributed by atoms with Crippen LogP contribution in [0.15, 0.2) is 41.4 Å². The second-order valence-electron chi connectivity index (χ2n) is 3.67. The maximum atomic E-state index is 9.13. The summed E-state index contributed by atoms with van der Waals surface area (Å²) in [7, 11) is 0. The lowest BCUT2D eigenvalue weighted by atomic mass is 10.2. The Morgan fingerprint density at radius 2 is 2.06 bits per heavy atom. The van der Waals surface area contributed by atoms with E-state index in [4.69, 9.17) is 10.00 Å².